The standard InChI is InChI=1S/C13H20N2O3/c1-17-9-10-18-8-2-7-15-12-5-3-11(4-6-12)13(14)16/h3-6,15H,2,7-10H2,1H3,(H2,14,16). The molecule has 0 aromatic heterocycles. The van der Waals surface area contributed by atoms with Crippen LogP contribution in [-0.4, -0.2) is 39.4 Å². The van der Waals surface area contributed by atoms with Crippen molar-refractivity contribution in [1.29, 1.82) is 0 Å². The van der Waals surface area contributed by atoms with Crippen LogP contribution in [0.25, 0.3) is 0 Å². The van der Waals surface area contributed by atoms with Gasteiger partial charge in [-0.2, -0.15) is 0 Å². The van der Waals surface area contributed by atoms with Gasteiger partial charge in [0.1, 0.15) is 0 Å². The van der Waals surface area contributed by atoms with Crippen molar-refractivity contribution in [3.63, 3.8) is 0 Å². The van der Waals surface area contributed by atoms with Gasteiger partial charge in [0.15, 0.2) is 0 Å². The summed E-state index contributed by atoms with van der Waals surface area (Å²) in [6.45, 7) is 2.78. The van der Waals surface area contributed by atoms with Crippen LogP contribution in [0.1, 0.15) is 16.8 Å². The van der Waals surface area contributed by atoms with E-state index in [1.807, 2.05) is 12.1 Å². The lowest BCUT2D eigenvalue weighted by molar-refractivity contribution is 0.0705. The van der Waals surface area contributed by atoms with Crippen molar-refractivity contribution >= 4 is 11.6 Å². The number of carbonyl (C=O) groups excluding carboxylic acids is 1. The molecule has 0 bridgehead atoms. The van der Waals surface area contributed by atoms with Crippen molar-refractivity contribution in [3.8, 4) is 0 Å². The molecule has 0 aliphatic rings. The second-order valence-corrected chi connectivity index (χ2v) is 3.83. The summed E-state index contributed by atoms with van der Waals surface area (Å²) in [7, 11) is 1.65. The normalized spacial score (nSPS) is 10.3. The Kier molecular flexibility index (Phi) is 6.83. The van der Waals surface area contributed by atoms with E-state index in [9.17, 15) is 4.79 Å². The van der Waals surface area contributed by atoms with E-state index in [4.69, 9.17) is 15.2 Å². The maximum atomic E-state index is 10.9. The fourth-order valence-corrected chi connectivity index (χ4v) is 1.40. The summed E-state index contributed by atoms with van der Waals surface area (Å²) in [6.07, 6.45) is 0.918. The lowest BCUT2D eigenvalue weighted by Gasteiger charge is -2.07. The lowest BCUT2D eigenvalue weighted by atomic mass is 10.2. The maximum Gasteiger partial charge on any atom is 0.248 e. The molecule has 0 fully saturated rings. The van der Waals surface area contributed by atoms with E-state index in [2.05, 4.69) is 5.32 Å². The number of carbonyl (C=O) groups is 1. The number of hydrogen-bond donors (Lipinski definition) is 2. The number of benzene rings is 1. The third-order valence-corrected chi connectivity index (χ3v) is 2.40. The molecule has 1 rings (SSSR count). The number of amides is 1. The summed E-state index contributed by atoms with van der Waals surface area (Å²) < 4.78 is 10.2. The molecule has 1 amide bonds. The first-order valence-electron chi connectivity index (χ1n) is 5.94. The lowest BCUT2D eigenvalue weighted by Crippen LogP contribution is -2.11. The zero-order chi connectivity index (χ0) is 13.2. The van der Waals surface area contributed by atoms with Crippen LogP contribution >= 0.6 is 0 Å². The Morgan fingerprint density at radius 3 is 2.56 bits per heavy atom. The molecule has 0 saturated carbocycles. The largest absolute Gasteiger partial charge is 0.385 e. The average Bonchev–Trinajstić information content (AvgIpc) is 2.38. The van der Waals surface area contributed by atoms with Gasteiger partial charge in [-0.25, -0.2) is 0 Å². The van der Waals surface area contributed by atoms with E-state index in [1.54, 1.807) is 19.2 Å². The van der Waals surface area contributed by atoms with Crippen LogP contribution < -0.4 is 11.1 Å². The number of ether oxygens (including phenoxy) is 2. The molecule has 100 valence electrons. The Labute approximate surface area is 107 Å². The minimum Gasteiger partial charge on any atom is -0.385 e. The minimum atomic E-state index is -0.409. The molecule has 5 nitrogen and oxygen atoms in total. The van der Waals surface area contributed by atoms with Crippen LogP contribution in [0.2, 0.25) is 0 Å². The van der Waals surface area contributed by atoms with Gasteiger partial charge in [0, 0.05) is 31.5 Å². The SMILES string of the molecule is COCCOCCCNc1ccc(C(N)=O)cc1. The zero-order valence-corrected chi connectivity index (χ0v) is 10.6. The fourth-order valence-electron chi connectivity index (χ4n) is 1.40. The Balaban J connectivity index is 2.14. The molecule has 0 heterocycles. The summed E-state index contributed by atoms with van der Waals surface area (Å²) in [5, 5.41) is 3.24. The Bertz CT molecular complexity index is 352. The van der Waals surface area contributed by atoms with Crippen molar-refractivity contribution in [2.24, 2.45) is 5.73 Å². The summed E-state index contributed by atoms with van der Waals surface area (Å²) >= 11 is 0. The van der Waals surface area contributed by atoms with E-state index < -0.39 is 5.91 Å². The molecule has 1 aromatic rings. The highest BCUT2D eigenvalue weighted by Gasteiger charge is 1.98. The molecule has 0 unspecified atom stereocenters. The molecule has 0 atom stereocenters. The van der Waals surface area contributed by atoms with E-state index >= 15 is 0 Å². The number of methoxy groups -OCH3 is 1. The number of anilines is 1. The molecule has 0 aliphatic heterocycles. The van der Waals surface area contributed by atoms with E-state index in [0.717, 1.165) is 18.7 Å². The zero-order valence-electron chi connectivity index (χ0n) is 10.6. The highest BCUT2D eigenvalue weighted by molar-refractivity contribution is 5.93. The third-order valence-electron chi connectivity index (χ3n) is 2.40. The molecule has 0 radical (unpaired) electrons. The first kappa shape index (κ1) is 14.5. The number of rotatable bonds is 9. The molecular weight excluding hydrogens is 232 g/mol. The molecule has 0 saturated heterocycles. The quantitative estimate of drug-likeness (QED) is 0.649. The van der Waals surface area contributed by atoms with Gasteiger partial charge in [0.05, 0.1) is 13.2 Å². The van der Waals surface area contributed by atoms with Gasteiger partial charge < -0.3 is 20.5 Å². The molecule has 0 aliphatic carbocycles. The highest BCUT2D eigenvalue weighted by Crippen LogP contribution is 2.08. The molecule has 0 spiro atoms. The predicted octanol–water partition coefficient (Wildman–Crippen LogP) is 1.25. The highest BCUT2D eigenvalue weighted by atomic mass is 16.5. The van der Waals surface area contributed by atoms with Crippen LogP contribution in [0.3, 0.4) is 0 Å². The van der Waals surface area contributed by atoms with Gasteiger partial charge in [-0.3, -0.25) is 4.79 Å². The summed E-state index contributed by atoms with van der Waals surface area (Å²) in [6, 6.07) is 7.09. The number of primary amides is 1. The summed E-state index contributed by atoms with van der Waals surface area (Å²) in [4.78, 5) is 10.9. The second-order valence-electron chi connectivity index (χ2n) is 3.83. The van der Waals surface area contributed by atoms with Gasteiger partial charge in [-0.05, 0) is 30.7 Å². The Morgan fingerprint density at radius 1 is 1.22 bits per heavy atom. The van der Waals surface area contributed by atoms with Crippen LogP contribution in [0.4, 0.5) is 5.69 Å². The van der Waals surface area contributed by atoms with Crippen molar-refractivity contribution in [2.75, 3.05) is 38.8 Å². The average molecular weight is 252 g/mol. The van der Waals surface area contributed by atoms with E-state index in [1.165, 1.54) is 0 Å². The molecule has 1 aromatic carbocycles. The van der Waals surface area contributed by atoms with Crippen LogP contribution in [0.5, 0.6) is 0 Å². The first-order chi connectivity index (χ1) is 8.74. The van der Waals surface area contributed by atoms with Gasteiger partial charge in [0.25, 0.3) is 0 Å². The van der Waals surface area contributed by atoms with Gasteiger partial charge in [-0.15, -0.1) is 0 Å². The third kappa shape index (κ3) is 5.65. The second kappa shape index (κ2) is 8.49. The van der Waals surface area contributed by atoms with Gasteiger partial charge in [0.2, 0.25) is 5.91 Å². The number of hydrogen-bond acceptors (Lipinski definition) is 4. The summed E-state index contributed by atoms with van der Waals surface area (Å²) in [5.74, 6) is -0.409. The smallest absolute Gasteiger partial charge is 0.248 e. The van der Waals surface area contributed by atoms with Crippen molar-refractivity contribution in [2.45, 2.75) is 6.42 Å². The van der Waals surface area contributed by atoms with E-state index in [0.29, 0.717) is 25.4 Å². The maximum absolute atomic E-state index is 10.9. The number of nitrogens with one attached hydrogen (secondary N) is 1. The van der Waals surface area contributed by atoms with Crippen LogP contribution in [-0.2, 0) is 9.47 Å². The van der Waals surface area contributed by atoms with Crippen molar-refractivity contribution < 1.29 is 14.3 Å². The van der Waals surface area contributed by atoms with Gasteiger partial charge in [-0.1, -0.05) is 0 Å². The minimum absolute atomic E-state index is 0.409. The van der Waals surface area contributed by atoms with Gasteiger partial charge >= 0.3 is 0 Å². The Hall–Kier alpha value is -1.59. The van der Waals surface area contributed by atoms with Crippen LogP contribution in [0.15, 0.2) is 24.3 Å². The first-order valence-corrected chi connectivity index (χ1v) is 5.94. The molecule has 5 heteroatoms. The molecule has 18 heavy (non-hydrogen) atoms. The fraction of sp³-hybridized carbons (Fsp3) is 0.462. The monoisotopic (exact) mass is 252 g/mol. The van der Waals surface area contributed by atoms with E-state index in [-0.39, 0.29) is 0 Å². The topological polar surface area (TPSA) is 73.6 Å². The Morgan fingerprint density at radius 2 is 1.94 bits per heavy atom. The molecule has 3 N–H and O–H groups in total. The molecular formula is C13H20N2O3. The predicted molar refractivity (Wildman–Crippen MR) is 70.8 cm³/mol. The van der Waals surface area contributed by atoms with Crippen molar-refractivity contribution in [3.05, 3.63) is 29.8 Å². The summed E-state index contributed by atoms with van der Waals surface area (Å²) in [5.41, 5.74) is 6.64. The van der Waals surface area contributed by atoms with Crippen LogP contribution in [0, 0.1) is 0 Å². The van der Waals surface area contributed by atoms with Crippen molar-refractivity contribution in [1.82, 2.24) is 0 Å². The number of nitrogens with two attached hydrogens (primary N) is 1.